The zero-order chi connectivity index (χ0) is 19.2. The Morgan fingerprint density at radius 3 is 2.78 bits per heavy atom. The summed E-state index contributed by atoms with van der Waals surface area (Å²) in [4.78, 5) is 28.5. The fraction of sp³-hybridized carbons (Fsp3) is 0.200. The third-order valence-electron chi connectivity index (χ3n) is 4.05. The summed E-state index contributed by atoms with van der Waals surface area (Å²) in [5, 5.41) is 6.90. The maximum absolute atomic E-state index is 12.3. The van der Waals surface area contributed by atoms with Crippen LogP contribution in [0.25, 0.3) is 5.82 Å². The molecule has 0 saturated heterocycles. The van der Waals surface area contributed by atoms with Crippen molar-refractivity contribution in [1.29, 1.82) is 0 Å². The van der Waals surface area contributed by atoms with Crippen molar-refractivity contribution in [2.24, 2.45) is 0 Å². The second kappa shape index (κ2) is 8.27. The third kappa shape index (κ3) is 4.38. The Labute approximate surface area is 157 Å². The second-order valence-electron chi connectivity index (χ2n) is 5.92. The monoisotopic (exact) mass is 364 g/mol. The molecule has 0 unspecified atom stereocenters. The molecule has 1 aromatic carbocycles. The Morgan fingerprint density at radius 2 is 2.04 bits per heavy atom. The first-order valence-electron chi connectivity index (χ1n) is 8.60. The number of aryl methyl sites for hydroxylation is 1. The van der Waals surface area contributed by atoms with E-state index in [1.54, 1.807) is 36.0 Å². The van der Waals surface area contributed by atoms with Crippen LogP contribution in [0.1, 0.15) is 28.5 Å². The summed E-state index contributed by atoms with van der Waals surface area (Å²) in [6.45, 7) is 3.41. The van der Waals surface area contributed by atoms with Gasteiger partial charge in [0.2, 0.25) is 0 Å². The highest BCUT2D eigenvalue weighted by Gasteiger charge is 2.18. The zero-order valence-corrected chi connectivity index (χ0v) is 15.2. The van der Waals surface area contributed by atoms with Gasteiger partial charge in [0.1, 0.15) is 5.56 Å². The van der Waals surface area contributed by atoms with Crippen LogP contribution in [0.4, 0.5) is 5.69 Å². The number of nitrogens with one attached hydrogen (secondary N) is 1. The summed E-state index contributed by atoms with van der Waals surface area (Å²) in [6.07, 6.45) is 3.93. The number of anilines is 1. The normalized spacial score (nSPS) is 10.4. The number of aromatic nitrogens is 3. The smallest absolute Gasteiger partial charge is 0.342 e. The average molecular weight is 364 g/mol. The number of ether oxygens (including phenoxy) is 1. The number of hydrogen-bond acceptors (Lipinski definition) is 5. The summed E-state index contributed by atoms with van der Waals surface area (Å²) in [6, 6.07) is 13.0. The molecule has 1 amide bonds. The van der Waals surface area contributed by atoms with E-state index in [1.165, 1.54) is 6.20 Å². The Morgan fingerprint density at radius 1 is 1.19 bits per heavy atom. The maximum Gasteiger partial charge on any atom is 0.342 e. The molecule has 0 atom stereocenters. The molecule has 0 aliphatic carbocycles. The summed E-state index contributed by atoms with van der Waals surface area (Å²) < 4.78 is 6.67. The number of benzene rings is 1. The van der Waals surface area contributed by atoms with Crippen LogP contribution in [0.15, 0.2) is 54.9 Å². The number of amides is 1. The van der Waals surface area contributed by atoms with Gasteiger partial charge in [0, 0.05) is 11.9 Å². The van der Waals surface area contributed by atoms with Crippen LogP contribution in [-0.4, -0.2) is 33.2 Å². The van der Waals surface area contributed by atoms with Crippen LogP contribution in [-0.2, 0) is 16.0 Å². The SMILES string of the molecule is CCc1cccc(NC(=O)COC(=O)c2cnn(-c3ccccn3)c2C)c1. The van der Waals surface area contributed by atoms with E-state index in [4.69, 9.17) is 4.74 Å². The summed E-state index contributed by atoms with van der Waals surface area (Å²) >= 11 is 0. The first kappa shape index (κ1) is 18.3. The van der Waals surface area contributed by atoms with Gasteiger partial charge in [-0.1, -0.05) is 25.1 Å². The first-order valence-corrected chi connectivity index (χ1v) is 8.60. The molecule has 0 radical (unpaired) electrons. The van der Waals surface area contributed by atoms with Crippen molar-refractivity contribution in [3.63, 3.8) is 0 Å². The summed E-state index contributed by atoms with van der Waals surface area (Å²) in [7, 11) is 0. The number of rotatable bonds is 6. The lowest BCUT2D eigenvalue weighted by Gasteiger charge is -2.08. The third-order valence-corrected chi connectivity index (χ3v) is 4.05. The molecule has 0 saturated carbocycles. The largest absolute Gasteiger partial charge is 0.452 e. The minimum atomic E-state index is -0.604. The number of carbonyl (C=O) groups is 2. The Hall–Kier alpha value is -3.48. The second-order valence-corrected chi connectivity index (χ2v) is 5.92. The van der Waals surface area contributed by atoms with Gasteiger partial charge in [-0.2, -0.15) is 5.10 Å². The van der Waals surface area contributed by atoms with Crippen molar-refractivity contribution in [3.8, 4) is 5.82 Å². The van der Waals surface area contributed by atoms with E-state index in [-0.39, 0.29) is 6.61 Å². The van der Waals surface area contributed by atoms with Gasteiger partial charge in [0.05, 0.1) is 11.9 Å². The van der Waals surface area contributed by atoms with Gasteiger partial charge in [0.25, 0.3) is 5.91 Å². The Balaban J connectivity index is 1.61. The van der Waals surface area contributed by atoms with E-state index in [0.29, 0.717) is 22.8 Å². The molecule has 2 aromatic heterocycles. The molecular formula is C20H20N4O3. The molecule has 0 spiro atoms. The topological polar surface area (TPSA) is 86.1 Å². The highest BCUT2D eigenvalue weighted by atomic mass is 16.5. The summed E-state index contributed by atoms with van der Waals surface area (Å²) in [5.41, 5.74) is 2.67. The van der Waals surface area contributed by atoms with E-state index >= 15 is 0 Å². The molecule has 7 nitrogen and oxygen atoms in total. The highest BCUT2D eigenvalue weighted by molar-refractivity contribution is 5.95. The van der Waals surface area contributed by atoms with Gasteiger partial charge in [-0.3, -0.25) is 4.79 Å². The van der Waals surface area contributed by atoms with Crippen LogP contribution in [0.3, 0.4) is 0 Å². The zero-order valence-electron chi connectivity index (χ0n) is 15.2. The van der Waals surface area contributed by atoms with Gasteiger partial charge in [-0.15, -0.1) is 0 Å². The first-order chi connectivity index (χ1) is 13.1. The fourth-order valence-electron chi connectivity index (χ4n) is 2.59. The molecule has 3 aromatic rings. The minimum absolute atomic E-state index is 0.293. The number of esters is 1. The van der Waals surface area contributed by atoms with Gasteiger partial charge in [0.15, 0.2) is 12.4 Å². The van der Waals surface area contributed by atoms with Gasteiger partial charge >= 0.3 is 5.97 Å². The number of nitrogens with zero attached hydrogens (tertiary/aromatic N) is 3. The lowest BCUT2D eigenvalue weighted by Crippen LogP contribution is -2.21. The van der Waals surface area contributed by atoms with Crippen LogP contribution in [0, 0.1) is 6.92 Å². The molecule has 2 heterocycles. The van der Waals surface area contributed by atoms with Crippen LogP contribution in [0.5, 0.6) is 0 Å². The van der Waals surface area contributed by atoms with Crippen LogP contribution in [0.2, 0.25) is 0 Å². The van der Waals surface area contributed by atoms with Gasteiger partial charge < -0.3 is 10.1 Å². The van der Waals surface area contributed by atoms with E-state index in [9.17, 15) is 9.59 Å². The molecule has 138 valence electrons. The highest BCUT2D eigenvalue weighted by Crippen LogP contribution is 2.14. The molecule has 0 aliphatic heterocycles. The maximum atomic E-state index is 12.3. The predicted octanol–water partition coefficient (Wildman–Crippen LogP) is 2.93. The molecule has 7 heteroatoms. The molecule has 1 N–H and O–H groups in total. The van der Waals surface area contributed by atoms with Crippen molar-refractivity contribution < 1.29 is 14.3 Å². The van der Waals surface area contributed by atoms with Crippen molar-refractivity contribution in [3.05, 3.63) is 71.7 Å². The molecule has 0 fully saturated rings. The summed E-state index contributed by atoms with van der Waals surface area (Å²) in [5.74, 6) is -0.402. The quantitative estimate of drug-likeness (QED) is 0.680. The molecule has 0 bridgehead atoms. The Bertz CT molecular complexity index is 951. The predicted molar refractivity (Wildman–Crippen MR) is 101 cm³/mol. The van der Waals surface area contributed by atoms with Gasteiger partial charge in [-0.05, 0) is 43.2 Å². The Kier molecular flexibility index (Phi) is 5.61. The van der Waals surface area contributed by atoms with E-state index in [2.05, 4.69) is 15.4 Å². The van der Waals surface area contributed by atoms with Crippen molar-refractivity contribution in [1.82, 2.24) is 14.8 Å². The van der Waals surface area contributed by atoms with Crippen molar-refractivity contribution >= 4 is 17.6 Å². The minimum Gasteiger partial charge on any atom is -0.452 e. The van der Waals surface area contributed by atoms with Crippen molar-refractivity contribution in [2.45, 2.75) is 20.3 Å². The lowest BCUT2D eigenvalue weighted by molar-refractivity contribution is -0.119. The van der Waals surface area contributed by atoms with E-state index in [1.807, 2.05) is 31.2 Å². The van der Waals surface area contributed by atoms with Crippen molar-refractivity contribution in [2.75, 3.05) is 11.9 Å². The van der Waals surface area contributed by atoms with Crippen LogP contribution < -0.4 is 5.32 Å². The standard InChI is InChI=1S/C20H20N4O3/c1-3-15-7-6-8-16(11-15)23-19(25)13-27-20(26)17-12-22-24(14(17)2)18-9-4-5-10-21-18/h4-12H,3,13H2,1-2H3,(H,23,25). The van der Waals surface area contributed by atoms with Gasteiger partial charge in [-0.25, -0.2) is 14.5 Å². The number of hydrogen-bond donors (Lipinski definition) is 1. The molecule has 27 heavy (non-hydrogen) atoms. The molecular weight excluding hydrogens is 344 g/mol. The van der Waals surface area contributed by atoms with Crippen LogP contribution >= 0.6 is 0 Å². The van der Waals surface area contributed by atoms with E-state index in [0.717, 1.165) is 12.0 Å². The number of pyridine rings is 1. The molecule has 3 rings (SSSR count). The van der Waals surface area contributed by atoms with E-state index < -0.39 is 11.9 Å². The fourth-order valence-corrected chi connectivity index (χ4v) is 2.59. The lowest BCUT2D eigenvalue weighted by atomic mass is 10.1. The number of carbonyl (C=O) groups excluding carboxylic acids is 2. The molecule has 0 aliphatic rings. The average Bonchev–Trinajstić information content (AvgIpc) is 3.08.